The van der Waals surface area contributed by atoms with Crippen molar-refractivity contribution in [3.63, 3.8) is 0 Å². The Balaban J connectivity index is 2.82. The molecule has 1 aromatic rings. The Morgan fingerprint density at radius 2 is 1.81 bits per heavy atom. The summed E-state index contributed by atoms with van der Waals surface area (Å²) >= 11 is 0. The predicted octanol–water partition coefficient (Wildman–Crippen LogP) is 3.27. The first-order chi connectivity index (χ1) is 7.50. The molecule has 0 spiro atoms. The highest BCUT2D eigenvalue weighted by atomic mass is 16.1. The number of hydrogen-bond donors (Lipinski definition) is 1. The molecule has 1 rings (SSSR count). The van der Waals surface area contributed by atoms with Crippen LogP contribution in [0, 0.1) is 5.92 Å². The quantitative estimate of drug-likeness (QED) is 0.823. The lowest BCUT2D eigenvalue weighted by molar-refractivity contribution is -0.121. The minimum Gasteiger partial charge on any atom is -0.383 e. The lowest BCUT2D eigenvalue weighted by Gasteiger charge is -2.14. The van der Waals surface area contributed by atoms with Gasteiger partial charge in [0.25, 0.3) is 0 Å². The molecule has 0 heterocycles. The van der Waals surface area contributed by atoms with Crippen LogP contribution in [-0.2, 0) is 11.2 Å². The maximum Gasteiger partial charge on any atom is 0.139 e. The van der Waals surface area contributed by atoms with Gasteiger partial charge < -0.3 is 5.32 Å². The van der Waals surface area contributed by atoms with Gasteiger partial charge in [0.2, 0.25) is 0 Å². The Kier molecular flexibility index (Phi) is 4.53. The fourth-order valence-electron chi connectivity index (χ4n) is 1.52. The highest BCUT2D eigenvalue weighted by Crippen LogP contribution is 2.18. The molecular weight excluding hydrogens is 198 g/mol. The van der Waals surface area contributed by atoms with Crippen LogP contribution < -0.4 is 5.32 Å². The van der Waals surface area contributed by atoms with Gasteiger partial charge >= 0.3 is 0 Å². The van der Waals surface area contributed by atoms with Crippen molar-refractivity contribution in [2.75, 3.05) is 5.32 Å². The number of nitrogens with one attached hydrogen (secondary N) is 1. The van der Waals surface area contributed by atoms with E-state index in [2.05, 4.69) is 19.2 Å². The number of para-hydroxylation sites is 1. The van der Waals surface area contributed by atoms with Crippen molar-refractivity contribution < 1.29 is 4.79 Å². The third-order valence-electron chi connectivity index (χ3n) is 2.47. The summed E-state index contributed by atoms with van der Waals surface area (Å²) in [5, 5.41) is 3.37. The monoisotopic (exact) mass is 219 g/mol. The van der Waals surface area contributed by atoms with Crippen molar-refractivity contribution in [1.82, 2.24) is 0 Å². The molecule has 16 heavy (non-hydrogen) atoms. The van der Waals surface area contributed by atoms with Crippen LogP contribution in [0.2, 0.25) is 0 Å². The molecule has 0 bridgehead atoms. The Labute approximate surface area is 98.1 Å². The Bertz CT molecular complexity index is 356. The number of anilines is 1. The van der Waals surface area contributed by atoms with E-state index in [1.165, 1.54) is 0 Å². The van der Waals surface area contributed by atoms with E-state index in [1.807, 2.05) is 38.1 Å². The smallest absolute Gasteiger partial charge is 0.139 e. The van der Waals surface area contributed by atoms with E-state index in [4.69, 9.17) is 0 Å². The summed E-state index contributed by atoms with van der Waals surface area (Å²) in [5.41, 5.74) is 2.17. The van der Waals surface area contributed by atoms with Crippen molar-refractivity contribution in [3.05, 3.63) is 29.8 Å². The number of benzene rings is 1. The molecule has 0 saturated heterocycles. The van der Waals surface area contributed by atoms with Gasteiger partial charge in [0.1, 0.15) is 5.78 Å². The molecule has 0 aliphatic carbocycles. The molecule has 0 atom stereocenters. The van der Waals surface area contributed by atoms with Gasteiger partial charge in [-0.05, 0) is 25.5 Å². The first kappa shape index (κ1) is 12.8. The highest BCUT2D eigenvalue weighted by molar-refractivity contribution is 5.84. The number of hydrogen-bond acceptors (Lipinski definition) is 2. The van der Waals surface area contributed by atoms with Gasteiger partial charge in [0.15, 0.2) is 0 Å². The normalized spacial score (nSPS) is 10.9. The lowest BCUT2D eigenvalue weighted by atomic mass is 9.99. The first-order valence-electron chi connectivity index (χ1n) is 5.88. The molecule has 0 amide bonds. The maximum absolute atomic E-state index is 11.7. The van der Waals surface area contributed by atoms with E-state index in [0.29, 0.717) is 12.5 Å². The van der Waals surface area contributed by atoms with Crippen molar-refractivity contribution in [1.29, 1.82) is 0 Å². The fourth-order valence-corrected chi connectivity index (χ4v) is 1.52. The minimum atomic E-state index is 0.104. The Morgan fingerprint density at radius 1 is 1.19 bits per heavy atom. The number of carbonyl (C=O) groups excluding carboxylic acids is 1. The molecule has 2 nitrogen and oxygen atoms in total. The van der Waals surface area contributed by atoms with Gasteiger partial charge in [0, 0.05) is 24.1 Å². The van der Waals surface area contributed by atoms with Crippen LogP contribution in [0.1, 0.15) is 33.3 Å². The number of rotatable bonds is 5. The summed E-state index contributed by atoms with van der Waals surface area (Å²) in [6.07, 6.45) is 0.521. The summed E-state index contributed by atoms with van der Waals surface area (Å²) in [6.45, 7) is 8.09. The second-order valence-electron chi connectivity index (χ2n) is 4.75. The molecule has 0 saturated carbocycles. The molecule has 1 N–H and O–H groups in total. The van der Waals surface area contributed by atoms with E-state index in [-0.39, 0.29) is 11.7 Å². The molecule has 0 aliphatic heterocycles. The molecule has 1 aromatic carbocycles. The predicted molar refractivity (Wildman–Crippen MR) is 68.7 cm³/mol. The summed E-state index contributed by atoms with van der Waals surface area (Å²) in [5.74, 6) is 0.394. The zero-order valence-electron chi connectivity index (χ0n) is 10.6. The van der Waals surface area contributed by atoms with E-state index >= 15 is 0 Å². The topological polar surface area (TPSA) is 29.1 Å². The van der Waals surface area contributed by atoms with Crippen LogP contribution in [0.5, 0.6) is 0 Å². The minimum absolute atomic E-state index is 0.104. The fraction of sp³-hybridized carbons (Fsp3) is 0.500. The largest absolute Gasteiger partial charge is 0.383 e. The first-order valence-corrected chi connectivity index (χ1v) is 5.88. The molecule has 0 fully saturated rings. The molecule has 0 radical (unpaired) electrons. The second kappa shape index (κ2) is 5.69. The molecular formula is C14H21NO. The molecule has 2 heteroatoms. The molecule has 0 aliphatic rings. The lowest BCUT2D eigenvalue weighted by Crippen LogP contribution is -2.15. The van der Waals surface area contributed by atoms with Gasteiger partial charge in [0.05, 0.1) is 0 Å². The molecule has 88 valence electrons. The van der Waals surface area contributed by atoms with Gasteiger partial charge in [-0.3, -0.25) is 4.79 Å². The van der Waals surface area contributed by atoms with Crippen molar-refractivity contribution in [2.45, 2.75) is 40.2 Å². The zero-order valence-corrected chi connectivity index (χ0v) is 10.6. The SMILES string of the molecule is CC(C)Nc1ccccc1CC(=O)C(C)C. The standard InChI is InChI=1S/C14H21NO/c1-10(2)14(16)9-12-7-5-6-8-13(12)15-11(3)4/h5-8,10-11,15H,9H2,1-4H3. The van der Waals surface area contributed by atoms with E-state index in [0.717, 1.165) is 11.3 Å². The van der Waals surface area contributed by atoms with Crippen LogP contribution in [0.15, 0.2) is 24.3 Å². The average Bonchev–Trinajstić information content (AvgIpc) is 2.20. The van der Waals surface area contributed by atoms with E-state index in [9.17, 15) is 4.79 Å². The summed E-state index contributed by atoms with van der Waals surface area (Å²) < 4.78 is 0. The zero-order chi connectivity index (χ0) is 12.1. The van der Waals surface area contributed by atoms with Crippen LogP contribution in [0.25, 0.3) is 0 Å². The molecule has 0 unspecified atom stereocenters. The Hall–Kier alpha value is -1.31. The maximum atomic E-state index is 11.7. The third-order valence-corrected chi connectivity index (χ3v) is 2.47. The summed E-state index contributed by atoms with van der Waals surface area (Å²) in [4.78, 5) is 11.7. The van der Waals surface area contributed by atoms with Gasteiger partial charge in [-0.25, -0.2) is 0 Å². The number of Topliss-reactive ketones (excluding diaryl/α,β-unsaturated/α-hetero) is 1. The van der Waals surface area contributed by atoms with Crippen molar-refractivity contribution in [2.24, 2.45) is 5.92 Å². The number of ketones is 1. The van der Waals surface area contributed by atoms with Gasteiger partial charge in [-0.1, -0.05) is 32.0 Å². The highest BCUT2D eigenvalue weighted by Gasteiger charge is 2.11. The Morgan fingerprint density at radius 3 is 2.38 bits per heavy atom. The van der Waals surface area contributed by atoms with Crippen molar-refractivity contribution >= 4 is 11.5 Å². The average molecular weight is 219 g/mol. The van der Waals surface area contributed by atoms with Crippen LogP contribution in [-0.4, -0.2) is 11.8 Å². The summed E-state index contributed by atoms with van der Waals surface area (Å²) in [6, 6.07) is 8.41. The van der Waals surface area contributed by atoms with Crippen molar-refractivity contribution in [3.8, 4) is 0 Å². The number of carbonyl (C=O) groups is 1. The van der Waals surface area contributed by atoms with Crippen LogP contribution >= 0.6 is 0 Å². The van der Waals surface area contributed by atoms with E-state index in [1.54, 1.807) is 0 Å². The second-order valence-corrected chi connectivity index (χ2v) is 4.75. The third kappa shape index (κ3) is 3.69. The molecule has 0 aromatic heterocycles. The van der Waals surface area contributed by atoms with Crippen LogP contribution in [0.4, 0.5) is 5.69 Å². The van der Waals surface area contributed by atoms with E-state index < -0.39 is 0 Å². The van der Waals surface area contributed by atoms with Gasteiger partial charge in [-0.15, -0.1) is 0 Å². The van der Waals surface area contributed by atoms with Gasteiger partial charge in [-0.2, -0.15) is 0 Å². The van der Waals surface area contributed by atoms with Crippen LogP contribution in [0.3, 0.4) is 0 Å². The summed E-state index contributed by atoms with van der Waals surface area (Å²) in [7, 11) is 0.